The first-order valence-electron chi connectivity index (χ1n) is 8.88. The fourth-order valence-corrected chi connectivity index (χ4v) is 5.68. The standard InChI is InChI=1S/C20H20ClN3O3S3/c1-12(18(25)22-16-10-14(21)6-9-17(16)27-3)29-20-24-23-19(30-20)28-11-13-4-7-15(26-2)8-5-13/h4-10,12H,11H2,1-3H3,(H,22,25). The minimum absolute atomic E-state index is 0.164. The van der Waals surface area contributed by atoms with Crippen LogP contribution in [0.15, 0.2) is 51.1 Å². The molecule has 1 atom stereocenters. The average molecular weight is 482 g/mol. The van der Waals surface area contributed by atoms with Crippen LogP contribution in [0.5, 0.6) is 11.5 Å². The summed E-state index contributed by atoms with van der Waals surface area (Å²) in [5.41, 5.74) is 1.71. The summed E-state index contributed by atoms with van der Waals surface area (Å²) in [7, 11) is 3.19. The highest BCUT2D eigenvalue weighted by Gasteiger charge is 2.19. The summed E-state index contributed by atoms with van der Waals surface area (Å²) in [6.45, 7) is 1.82. The molecule has 1 unspecified atom stereocenters. The molecule has 0 fully saturated rings. The number of amides is 1. The highest BCUT2D eigenvalue weighted by molar-refractivity contribution is 8.03. The van der Waals surface area contributed by atoms with E-state index in [0.717, 1.165) is 20.2 Å². The number of thioether (sulfide) groups is 2. The van der Waals surface area contributed by atoms with Gasteiger partial charge < -0.3 is 14.8 Å². The van der Waals surface area contributed by atoms with Gasteiger partial charge in [-0.3, -0.25) is 4.79 Å². The number of methoxy groups -OCH3 is 2. The van der Waals surface area contributed by atoms with Crippen molar-refractivity contribution >= 4 is 58.1 Å². The highest BCUT2D eigenvalue weighted by atomic mass is 35.5. The van der Waals surface area contributed by atoms with Gasteiger partial charge in [-0.15, -0.1) is 10.2 Å². The predicted molar refractivity (Wildman–Crippen MR) is 124 cm³/mol. The van der Waals surface area contributed by atoms with E-state index < -0.39 is 0 Å². The minimum Gasteiger partial charge on any atom is -0.497 e. The lowest BCUT2D eigenvalue weighted by Gasteiger charge is -2.13. The van der Waals surface area contributed by atoms with Gasteiger partial charge in [0.15, 0.2) is 8.68 Å². The van der Waals surface area contributed by atoms with Crippen molar-refractivity contribution in [3.63, 3.8) is 0 Å². The molecule has 3 rings (SSSR count). The molecule has 1 amide bonds. The van der Waals surface area contributed by atoms with Gasteiger partial charge in [-0.1, -0.05) is 58.6 Å². The molecule has 2 aromatic carbocycles. The Morgan fingerprint density at radius 3 is 2.57 bits per heavy atom. The smallest absolute Gasteiger partial charge is 0.237 e. The van der Waals surface area contributed by atoms with Gasteiger partial charge in [0.1, 0.15) is 11.5 Å². The molecule has 0 spiro atoms. The van der Waals surface area contributed by atoms with Crippen LogP contribution in [0.2, 0.25) is 5.02 Å². The molecule has 0 aliphatic heterocycles. The van der Waals surface area contributed by atoms with Gasteiger partial charge in [-0.25, -0.2) is 0 Å². The van der Waals surface area contributed by atoms with Crippen LogP contribution >= 0.6 is 46.5 Å². The van der Waals surface area contributed by atoms with E-state index >= 15 is 0 Å². The Hall–Kier alpha value is -1.94. The molecule has 30 heavy (non-hydrogen) atoms. The third-order valence-corrected chi connectivity index (χ3v) is 7.52. The Morgan fingerprint density at radius 1 is 1.13 bits per heavy atom. The molecule has 0 saturated carbocycles. The molecule has 1 heterocycles. The molecule has 1 N–H and O–H groups in total. The SMILES string of the molecule is COc1ccc(CSc2nnc(SC(C)C(=O)Nc3cc(Cl)ccc3OC)s2)cc1. The number of nitrogens with zero attached hydrogens (tertiary/aromatic N) is 2. The Labute approximate surface area is 192 Å². The molecular weight excluding hydrogens is 462 g/mol. The molecule has 0 saturated heterocycles. The molecule has 1 aromatic heterocycles. The van der Waals surface area contributed by atoms with Crippen LogP contribution in [-0.4, -0.2) is 35.6 Å². The lowest BCUT2D eigenvalue weighted by molar-refractivity contribution is -0.115. The maximum atomic E-state index is 12.6. The van der Waals surface area contributed by atoms with Gasteiger partial charge >= 0.3 is 0 Å². The number of halogens is 1. The molecule has 0 radical (unpaired) electrons. The summed E-state index contributed by atoms with van der Waals surface area (Å²) in [4.78, 5) is 12.6. The molecule has 6 nitrogen and oxygen atoms in total. The zero-order chi connectivity index (χ0) is 21.5. The van der Waals surface area contributed by atoms with Crippen molar-refractivity contribution in [3.05, 3.63) is 53.1 Å². The molecule has 3 aromatic rings. The van der Waals surface area contributed by atoms with E-state index in [0.29, 0.717) is 16.5 Å². The Kier molecular flexibility index (Phi) is 8.26. The lowest BCUT2D eigenvalue weighted by Crippen LogP contribution is -2.22. The summed E-state index contributed by atoms with van der Waals surface area (Å²) in [6, 6.07) is 13.0. The zero-order valence-electron chi connectivity index (χ0n) is 16.5. The van der Waals surface area contributed by atoms with E-state index in [1.54, 1.807) is 44.2 Å². The monoisotopic (exact) mass is 481 g/mol. The summed E-state index contributed by atoms with van der Waals surface area (Å²) in [5, 5.41) is 11.4. The number of hydrogen-bond acceptors (Lipinski definition) is 8. The van der Waals surface area contributed by atoms with Crippen molar-refractivity contribution < 1.29 is 14.3 Å². The van der Waals surface area contributed by atoms with Crippen LogP contribution in [0.1, 0.15) is 12.5 Å². The second-order valence-corrected chi connectivity index (χ2v) is 10.3. The predicted octanol–water partition coefficient (Wildman–Crippen LogP) is 5.62. The van der Waals surface area contributed by atoms with Crippen molar-refractivity contribution in [2.45, 2.75) is 26.6 Å². The second kappa shape index (κ2) is 10.9. The summed E-state index contributed by atoms with van der Waals surface area (Å²) >= 11 is 10.5. The van der Waals surface area contributed by atoms with Gasteiger partial charge in [-0.05, 0) is 42.8 Å². The van der Waals surface area contributed by atoms with Crippen LogP contribution in [-0.2, 0) is 10.5 Å². The van der Waals surface area contributed by atoms with E-state index in [1.807, 2.05) is 31.2 Å². The van der Waals surface area contributed by atoms with Gasteiger partial charge in [0.25, 0.3) is 0 Å². The van der Waals surface area contributed by atoms with Gasteiger partial charge in [0.2, 0.25) is 5.91 Å². The maximum absolute atomic E-state index is 12.6. The molecule has 0 aliphatic carbocycles. The van der Waals surface area contributed by atoms with Crippen LogP contribution in [0.4, 0.5) is 5.69 Å². The second-order valence-electron chi connectivity index (χ2n) is 6.06. The number of anilines is 1. The average Bonchev–Trinajstić information content (AvgIpc) is 3.20. The van der Waals surface area contributed by atoms with E-state index in [4.69, 9.17) is 21.1 Å². The van der Waals surface area contributed by atoms with Crippen molar-refractivity contribution in [1.29, 1.82) is 0 Å². The van der Waals surface area contributed by atoms with E-state index in [2.05, 4.69) is 15.5 Å². The number of aromatic nitrogens is 2. The Morgan fingerprint density at radius 2 is 1.87 bits per heavy atom. The molecule has 0 bridgehead atoms. The van der Waals surface area contributed by atoms with Crippen LogP contribution < -0.4 is 14.8 Å². The number of benzene rings is 2. The van der Waals surface area contributed by atoms with Gasteiger partial charge in [0, 0.05) is 10.8 Å². The summed E-state index contributed by atoms with van der Waals surface area (Å²) in [6.07, 6.45) is 0. The Bertz CT molecular complexity index is 998. The van der Waals surface area contributed by atoms with Crippen molar-refractivity contribution in [2.24, 2.45) is 0 Å². The first kappa shape index (κ1) is 22.7. The maximum Gasteiger partial charge on any atom is 0.237 e. The van der Waals surface area contributed by atoms with Gasteiger partial charge in [0.05, 0.1) is 25.2 Å². The quantitative estimate of drug-likeness (QED) is 0.397. The van der Waals surface area contributed by atoms with Gasteiger partial charge in [-0.2, -0.15) is 0 Å². The van der Waals surface area contributed by atoms with Crippen LogP contribution in [0.3, 0.4) is 0 Å². The first-order valence-corrected chi connectivity index (χ1v) is 11.9. The number of rotatable bonds is 9. The molecule has 10 heteroatoms. The normalized spacial score (nSPS) is 11.7. The lowest BCUT2D eigenvalue weighted by atomic mass is 10.2. The van der Waals surface area contributed by atoms with Crippen molar-refractivity contribution in [2.75, 3.05) is 19.5 Å². The van der Waals surface area contributed by atoms with Crippen LogP contribution in [0, 0.1) is 0 Å². The molecule has 0 aliphatic rings. The number of carbonyl (C=O) groups is 1. The van der Waals surface area contributed by atoms with Crippen molar-refractivity contribution in [1.82, 2.24) is 10.2 Å². The topological polar surface area (TPSA) is 73.3 Å². The summed E-state index contributed by atoms with van der Waals surface area (Å²) in [5.74, 6) is 2.01. The number of ether oxygens (including phenoxy) is 2. The Balaban J connectivity index is 1.54. The zero-order valence-corrected chi connectivity index (χ0v) is 19.8. The number of carbonyl (C=O) groups excluding carboxylic acids is 1. The fraction of sp³-hybridized carbons (Fsp3) is 0.250. The first-order chi connectivity index (χ1) is 14.5. The third-order valence-electron chi connectivity index (χ3n) is 3.98. The number of nitrogens with one attached hydrogen (secondary N) is 1. The highest BCUT2D eigenvalue weighted by Crippen LogP contribution is 2.34. The van der Waals surface area contributed by atoms with E-state index in [1.165, 1.54) is 28.7 Å². The van der Waals surface area contributed by atoms with E-state index in [9.17, 15) is 4.79 Å². The molecule has 158 valence electrons. The minimum atomic E-state index is -0.360. The third kappa shape index (κ3) is 6.28. The largest absolute Gasteiger partial charge is 0.497 e. The number of hydrogen-bond donors (Lipinski definition) is 1. The fourth-order valence-electron chi connectivity index (χ4n) is 2.39. The van der Waals surface area contributed by atoms with E-state index in [-0.39, 0.29) is 11.2 Å². The van der Waals surface area contributed by atoms with Crippen LogP contribution in [0.25, 0.3) is 0 Å². The molecular formula is C20H20ClN3O3S3. The van der Waals surface area contributed by atoms with Crippen molar-refractivity contribution in [3.8, 4) is 11.5 Å². The summed E-state index contributed by atoms with van der Waals surface area (Å²) < 4.78 is 12.0.